The summed E-state index contributed by atoms with van der Waals surface area (Å²) in [7, 11) is 2.95. The maximum absolute atomic E-state index is 11.8. The molecule has 0 fully saturated rings. The van der Waals surface area contributed by atoms with Crippen LogP contribution < -0.4 is 9.47 Å². The smallest absolute Gasteiger partial charge is 0.343 e. The van der Waals surface area contributed by atoms with Gasteiger partial charge in [0.2, 0.25) is 0 Å². The average molecular weight is 235 g/mol. The molecule has 1 atom stereocenters. The van der Waals surface area contributed by atoms with Crippen molar-refractivity contribution in [2.45, 2.75) is 13.0 Å². The van der Waals surface area contributed by atoms with Gasteiger partial charge in [0.1, 0.15) is 23.1 Å². The monoisotopic (exact) mass is 235 g/mol. The Bertz CT molecular complexity index is 450. The summed E-state index contributed by atoms with van der Waals surface area (Å²) in [6.45, 7) is 1.49. The van der Waals surface area contributed by atoms with E-state index in [1.807, 2.05) is 6.07 Å². The van der Waals surface area contributed by atoms with E-state index in [0.717, 1.165) is 0 Å². The molecular weight excluding hydrogens is 222 g/mol. The number of benzene rings is 1. The highest BCUT2D eigenvalue weighted by Crippen LogP contribution is 2.24. The molecule has 0 unspecified atom stereocenters. The van der Waals surface area contributed by atoms with Crippen LogP contribution in [0.5, 0.6) is 11.5 Å². The maximum Gasteiger partial charge on any atom is 0.343 e. The lowest BCUT2D eigenvalue weighted by Crippen LogP contribution is -2.14. The first-order valence-corrected chi connectivity index (χ1v) is 4.95. The van der Waals surface area contributed by atoms with Crippen LogP contribution in [0, 0.1) is 11.3 Å². The molecule has 0 radical (unpaired) electrons. The van der Waals surface area contributed by atoms with Gasteiger partial charge >= 0.3 is 5.97 Å². The number of rotatable bonds is 4. The van der Waals surface area contributed by atoms with Crippen LogP contribution in [0.3, 0.4) is 0 Å². The summed E-state index contributed by atoms with van der Waals surface area (Å²) in [5.74, 6) is 0.276. The van der Waals surface area contributed by atoms with E-state index in [4.69, 9.17) is 19.5 Å². The lowest BCUT2D eigenvalue weighted by Gasteiger charge is -2.11. The molecule has 1 rings (SSSR count). The van der Waals surface area contributed by atoms with Crippen molar-refractivity contribution in [3.05, 3.63) is 23.8 Å². The fourth-order valence-electron chi connectivity index (χ4n) is 1.22. The minimum Gasteiger partial charge on any atom is -0.497 e. The first-order valence-electron chi connectivity index (χ1n) is 4.95. The third-order valence-corrected chi connectivity index (χ3v) is 2.09. The van der Waals surface area contributed by atoms with Gasteiger partial charge in [-0.15, -0.1) is 0 Å². The lowest BCUT2D eigenvalue weighted by molar-refractivity contribution is 0.0431. The van der Waals surface area contributed by atoms with Crippen molar-refractivity contribution in [3.8, 4) is 17.6 Å². The van der Waals surface area contributed by atoms with Crippen LogP contribution in [0.25, 0.3) is 0 Å². The van der Waals surface area contributed by atoms with Crippen molar-refractivity contribution >= 4 is 5.97 Å². The fraction of sp³-hybridized carbons (Fsp3) is 0.333. The molecule has 0 aliphatic carbocycles. The van der Waals surface area contributed by atoms with Gasteiger partial charge in [0, 0.05) is 0 Å². The molecule has 0 N–H and O–H groups in total. The van der Waals surface area contributed by atoms with Gasteiger partial charge in [0.25, 0.3) is 0 Å². The van der Waals surface area contributed by atoms with Gasteiger partial charge < -0.3 is 14.2 Å². The summed E-state index contributed by atoms with van der Waals surface area (Å²) in [6.07, 6.45) is -0.807. The summed E-state index contributed by atoms with van der Waals surface area (Å²) < 4.78 is 14.9. The Morgan fingerprint density at radius 3 is 2.59 bits per heavy atom. The van der Waals surface area contributed by atoms with E-state index in [1.54, 1.807) is 12.1 Å². The van der Waals surface area contributed by atoms with Crippen LogP contribution >= 0.6 is 0 Å². The number of ether oxygens (including phenoxy) is 3. The number of carbonyl (C=O) groups excluding carboxylic acids is 1. The second-order valence-corrected chi connectivity index (χ2v) is 3.24. The molecule has 1 aromatic rings. The first-order chi connectivity index (χ1) is 8.12. The Kier molecular flexibility index (Phi) is 4.35. The minimum absolute atomic E-state index is 0.231. The van der Waals surface area contributed by atoms with Gasteiger partial charge in [-0.05, 0) is 25.1 Å². The summed E-state index contributed by atoms with van der Waals surface area (Å²) >= 11 is 0. The minimum atomic E-state index is -0.807. The topological polar surface area (TPSA) is 68.6 Å². The number of hydrogen-bond donors (Lipinski definition) is 0. The van der Waals surface area contributed by atoms with Crippen molar-refractivity contribution in [1.82, 2.24) is 0 Å². The number of nitriles is 1. The molecule has 0 aliphatic rings. The van der Waals surface area contributed by atoms with Crippen molar-refractivity contribution in [2.24, 2.45) is 0 Å². The molecule has 0 spiro atoms. The van der Waals surface area contributed by atoms with Crippen LogP contribution in [0.1, 0.15) is 17.3 Å². The van der Waals surface area contributed by atoms with Crippen molar-refractivity contribution in [1.29, 1.82) is 5.26 Å². The second-order valence-electron chi connectivity index (χ2n) is 3.24. The predicted octanol–water partition coefficient (Wildman–Crippen LogP) is 1.77. The summed E-state index contributed by atoms with van der Waals surface area (Å²) in [4.78, 5) is 11.8. The summed E-state index contributed by atoms with van der Waals surface area (Å²) in [6, 6.07) is 6.60. The maximum atomic E-state index is 11.8. The van der Waals surface area contributed by atoms with Crippen LogP contribution in [0.2, 0.25) is 0 Å². The number of nitrogens with zero attached hydrogens (tertiary/aromatic N) is 1. The quantitative estimate of drug-likeness (QED) is 0.744. The number of esters is 1. The van der Waals surface area contributed by atoms with Gasteiger partial charge in [-0.25, -0.2) is 4.79 Å². The molecule has 0 bridgehead atoms. The highest BCUT2D eigenvalue weighted by atomic mass is 16.5. The normalized spacial score (nSPS) is 11.2. The molecule has 0 heterocycles. The highest BCUT2D eigenvalue weighted by molar-refractivity contribution is 5.93. The molecule has 0 aromatic heterocycles. The van der Waals surface area contributed by atoms with Crippen molar-refractivity contribution in [2.75, 3.05) is 14.2 Å². The predicted molar refractivity (Wildman–Crippen MR) is 60.0 cm³/mol. The number of methoxy groups -OCH3 is 2. The van der Waals surface area contributed by atoms with E-state index in [9.17, 15) is 4.79 Å². The number of hydrogen-bond acceptors (Lipinski definition) is 5. The third-order valence-electron chi connectivity index (χ3n) is 2.09. The molecular formula is C12H13NO4. The highest BCUT2D eigenvalue weighted by Gasteiger charge is 2.17. The molecule has 0 saturated carbocycles. The van der Waals surface area contributed by atoms with Gasteiger partial charge in [0.15, 0.2) is 6.10 Å². The standard InChI is InChI=1S/C12H13NO4/c1-8(7-13)17-12(14)10-6-9(15-2)4-5-11(10)16-3/h4-6,8H,1-3H3/t8-/m1/s1. The Balaban J connectivity index is 3.02. The summed E-state index contributed by atoms with van der Waals surface area (Å²) in [5, 5.41) is 8.57. The fourth-order valence-corrected chi connectivity index (χ4v) is 1.22. The zero-order chi connectivity index (χ0) is 12.8. The van der Waals surface area contributed by atoms with Crippen molar-refractivity contribution < 1.29 is 19.0 Å². The van der Waals surface area contributed by atoms with Crippen LogP contribution in [0.4, 0.5) is 0 Å². The second kappa shape index (κ2) is 5.75. The van der Waals surface area contributed by atoms with Crippen LogP contribution in [-0.4, -0.2) is 26.3 Å². The zero-order valence-electron chi connectivity index (χ0n) is 9.89. The van der Waals surface area contributed by atoms with E-state index in [1.165, 1.54) is 27.2 Å². The first kappa shape index (κ1) is 12.8. The van der Waals surface area contributed by atoms with E-state index in [2.05, 4.69) is 0 Å². The molecule has 0 saturated heterocycles. The Labute approximate surface area is 99.5 Å². The molecule has 17 heavy (non-hydrogen) atoms. The van der Waals surface area contributed by atoms with E-state index >= 15 is 0 Å². The van der Waals surface area contributed by atoms with Gasteiger partial charge in [-0.3, -0.25) is 0 Å². The van der Waals surface area contributed by atoms with Crippen molar-refractivity contribution in [3.63, 3.8) is 0 Å². The van der Waals surface area contributed by atoms with E-state index in [0.29, 0.717) is 11.5 Å². The summed E-state index contributed by atoms with van der Waals surface area (Å²) in [5.41, 5.74) is 0.231. The largest absolute Gasteiger partial charge is 0.497 e. The van der Waals surface area contributed by atoms with E-state index in [-0.39, 0.29) is 5.56 Å². The van der Waals surface area contributed by atoms with Gasteiger partial charge in [-0.2, -0.15) is 5.26 Å². The molecule has 5 nitrogen and oxygen atoms in total. The Hall–Kier alpha value is -2.22. The SMILES string of the molecule is COc1ccc(OC)c(C(=O)O[C@H](C)C#N)c1. The van der Waals surface area contributed by atoms with Crippen LogP contribution in [0.15, 0.2) is 18.2 Å². The Morgan fingerprint density at radius 2 is 2.06 bits per heavy atom. The number of carbonyl (C=O) groups is 1. The molecule has 1 aromatic carbocycles. The van der Waals surface area contributed by atoms with Gasteiger partial charge in [-0.1, -0.05) is 0 Å². The molecule has 90 valence electrons. The van der Waals surface area contributed by atoms with E-state index < -0.39 is 12.1 Å². The van der Waals surface area contributed by atoms with Crippen LogP contribution in [-0.2, 0) is 4.74 Å². The molecule has 0 aliphatic heterocycles. The van der Waals surface area contributed by atoms with Gasteiger partial charge in [0.05, 0.1) is 14.2 Å². The Morgan fingerprint density at radius 1 is 1.35 bits per heavy atom. The molecule has 0 amide bonds. The molecule has 5 heteroatoms. The zero-order valence-corrected chi connectivity index (χ0v) is 9.89. The third kappa shape index (κ3) is 3.11. The lowest BCUT2D eigenvalue weighted by atomic mass is 10.2. The average Bonchev–Trinajstić information content (AvgIpc) is 2.37.